The van der Waals surface area contributed by atoms with Crippen molar-refractivity contribution in [2.75, 3.05) is 49.5 Å². The van der Waals surface area contributed by atoms with E-state index in [1.165, 1.54) is 19.3 Å². The lowest BCUT2D eigenvalue weighted by Gasteiger charge is -2.36. The molecule has 8 heteroatoms. The minimum absolute atomic E-state index is 0.112. The Morgan fingerprint density at radius 1 is 0.881 bits per heavy atom. The lowest BCUT2D eigenvalue weighted by Crippen LogP contribution is -2.40. The number of aryl methyl sites for hydroxylation is 1. The summed E-state index contributed by atoms with van der Waals surface area (Å²) in [7, 11) is 0. The van der Waals surface area contributed by atoms with Gasteiger partial charge in [0.25, 0.3) is 5.92 Å². The first-order chi connectivity index (χ1) is 20.4. The third-order valence-electron chi connectivity index (χ3n) is 9.58. The average Bonchev–Trinajstić information content (AvgIpc) is 3.02. The Morgan fingerprint density at radius 2 is 1.62 bits per heavy atom. The number of fused-ring (bicyclic) bond motifs is 9. The Balaban J connectivity index is 1.38. The number of halogens is 2. The zero-order valence-electron chi connectivity index (χ0n) is 25.2. The van der Waals surface area contributed by atoms with Crippen molar-refractivity contribution in [3.05, 3.63) is 53.2 Å². The van der Waals surface area contributed by atoms with Crippen molar-refractivity contribution in [3.8, 4) is 5.75 Å². The summed E-state index contributed by atoms with van der Waals surface area (Å²) in [6.45, 7) is 9.18. The molecule has 4 aliphatic heterocycles. The molecule has 226 valence electrons. The van der Waals surface area contributed by atoms with Crippen LogP contribution in [0.4, 0.5) is 20.3 Å². The lowest BCUT2D eigenvalue weighted by molar-refractivity contribution is -0.0855. The lowest BCUT2D eigenvalue weighted by atomic mass is 9.85. The summed E-state index contributed by atoms with van der Waals surface area (Å²) in [4.78, 5) is 4.81. The van der Waals surface area contributed by atoms with Crippen LogP contribution in [0.5, 0.6) is 5.75 Å². The minimum Gasteiger partial charge on any atom is -0.493 e. The van der Waals surface area contributed by atoms with Crippen LogP contribution >= 0.6 is 0 Å². The molecule has 2 fully saturated rings. The first-order valence-corrected chi connectivity index (χ1v) is 16.1. The minimum atomic E-state index is -2.85. The number of hydrogen-bond donors (Lipinski definition) is 1. The molecule has 5 heterocycles. The Labute approximate surface area is 248 Å². The smallest absolute Gasteiger partial charge is 0.276 e. The van der Waals surface area contributed by atoms with Crippen LogP contribution in [0.2, 0.25) is 0 Å². The van der Waals surface area contributed by atoms with Crippen LogP contribution < -0.4 is 15.0 Å². The fourth-order valence-electron chi connectivity index (χ4n) is 6.98. The molecule has 4 aliphatic rings. The van der Waals surface area contributed by atoms with Crippen LogP contribution in [0.3, 0.4) is 0 Å². The van der Waals surface area contributed by atoms with Gasteiger partial charge in [0.05, 0.1) is 23.7 Å². The van der Waals surface area contributed by atoms with Crippen LogP contribution in [-0.2, 0) is 5.92 Å². The Kier molecular flexibility index (Phi) is 8.80. The second-order valence-corrected chi connectivity index (χ2v) is 12.5. The van der Waals surface area contributed by atoms with Gasteiger partial charge in [0, 0.05) is 41.7 Å². The van der Waals surface area contributed by atoms with Crippen molar-refractivity contribution in [2.24, 2.45) is 5.92 Å². The molecule has 7 rings (SSSR count). The number of rotatable bonds is 1. The fourth-order valence-corrected chi connectivity index (χ4v) is 6.98. The molecule has 2 saturated heterocycles. The first kappa shape index (κ1) is 29.1. The Hall–Kier alpha value is -3.00. The summed E-state index contributed by atoms with van der Waals surface area (Å²) in [6.07, 6.45) is 8.99. The summed E-state index contributed by atoms with van der Waals surface area (Å²) in [5, 5.41) is 14.6. The molecule has 0 spiro atoms. The first-order valence-electron chi connectivity index (χ1n) is 16.1. The van der Waals surface area contributed by atoms with Crippen molar-refractivity contribution < 1.29 is 13.5 Å². The number of benzene rings is 2. The van der Waals surface area contributed by atoms with E-state index in [0.29, 0.717) is 25.3 Å². The van der Waals surface area contributed by atoms with Gasteiger partial charge in [-0.1, -0.05) is 31.0 Å². The standard InChI is InChI=1S/C34H45F2N5O/c1-24-26-11-10-12-28(21-26)34(35,36)27-13-18-40(19-14-27)15-6-3-4-9-20-42-31-23-29(41-16-7-5-8-17-41)22-30-32(31)25(2)38-39-33(30)37-24/h10-12,21-24,27H,3-9,13-20H2,1-2H3,(H,37,39)/t24-/m1/s1. The average molecular weight is 578 g/mol. The van der Waals surface area contributed by atoms with E-state index in [1.807, 2.05) is 19.9 Å². The summed E-state index contributed by atoms with van der Waals surface area (Å²) in [5.74, 6) is -1.97. The van der Waals surface area contributed by atoms with Gasteiger partial charge in [-0.05, 0) is 96.1 Å². The van der Waals surface area contributed by atoms with E-state index in [9.17, 15) is 0 Å². The molecule has 3 aromatic rings. The molecular formula is C34H45F2N5O. The van der Waals surface area contributed by atoms with E-state index in [2.05, 4.69) is 37.4 Å². The van der Waals surface area contributed by atoms with Crippen molar-refractivity contribution >= 4 is 22.3 Å². The predicted octanol–water partition coefficient (Wildman–Crippen LogP) is 7.86. The van der Waals surface area contributed by atoms with Gasteiger partial charge in [-0.15, -0.1) is 5.10 Å². The van der Waals surface area contributed by atoms with Crippen LogP contribution in [0.15, 0.2) is 36.4 Å². The van der Waals surface area contributed by atoms with Crippen molar-refractivity contribution in [2.45, 2.75) is 83.6 Å². The normalized spacial score (nSPS) is 25.4. The highest BCUT2D eigenvalue weighted by molar-refractivity contribution is 5.99. The third-order valence-corrected chi connectivity index (χ3v) is 9.58. The van der Waals surface area contributed by atoms with Gasteiger partial charge in [-0.2, -0.15) is 5.10 Å². The SMILES string of the molecule is Cc1nnc2c3cc(N4CCCCC4)cc(c13)OCCCCCCN1CCC(CC1)C(F)(F)c1cccc(c1)[C@@H](C)N2. The van der Waals surface area contributed by atoms with Crippen LogP contribution in [-0.4, -0.2) is 54.4 Å². The van der Waals surface area contributed by atoms with E-state index >= 15 is 8.78 Å². The van der Waals surface area contributed by atoms with Gasteiger partial charge in [0.2, 0.25) is 0 Å². The van der Waals surface area contributed by atoms with Gasteiger partial charge in [-0.25, -0.2) is 8.78 Å². The van der Waals surface area contributed by atoms with E-state index in [-0.39, 0.29) is 11.6 Å². The maximum absolute atomic E-state index is 15.8. The van der Waals surface area contributed by atoms with Crippen LogP contribution in [0.1, 0.15) is 87.6 Å². The third kappa shape index (κ3) is 6.19. The monoisotopic (exact) mass is 577 g/mol. The molecule has 1 atom stereocenters. The number of piperidine rings is 2. The maximum atomic E-state index is 15.8. The Bertz CT molecular complexity index is 1370. The summed E-state index contributed by atoms with van der Waals surface area (Å²) < 4.78 is 38.2. The number of nitrogens with one attached hydrogen (secondary N) is 1. The molecule has 0 saturated carbocycles. The van der Waals surface area contributed by atoms with Crippen LogP contribution in [0.25, 0.3) is 10.8 Å². The van der Waals surface area contributed by atoms with E-state index in [1.54, 1.807) is 18.2 Å². The fraction of sp³-hybridized carbons (Fsp3) is 0.588. The van der Waals surface area contributed by atoms with Crippen molar-refractivity contribution in [3.63, 3.8) is 0 Å². The molecule has 1 N–H and O–H groups in total. The molecule has 0 unspecified atom stereocenters. The van der Waals surface area contributed by atoms with E-state index in [4.69, 9.17) is 4.74 Å². The van der Waals surface area contributed by atoms with E-state index in [0.717, 1.165) is 91.9 Å². The van der Waals surface area contributed by atoms with Gasteiger partial charge in [0.1, 0.15) is 5.75 Å². The van der Waals surface area contributed by atoms with Gasteiger partial charge in [0.15, 0.2) is 5.82 Å². The van der Waals surface area contributed by atoms with Gasteiger partial charge >= 0.3 is 0 Å². The zero-order chi connectivity index (χ0) is 29.1. The number of anilines is 2. The van der Waals surface area contributed by atoms with Crippen molar-refractivity contribution in [1.29, 1.82) is 0 Å². The van der Waals surface area contributed by atoms with E-state index < -0.39 is 11.8 Å². The molecule has 0 amide bonds. The Morgan fingerprint density at radius 3 is 2.43 bits per heavy atom. The summed E-state index contributed by atoms with van der Waals surface area (Å²) in [5.41, 5.74) is 2.90. The van der Waals surface area contributed by atoms with Crippen molar-refractivity contribution in [1.82, 2.24) is 15.1 Å². The number of ether oxygens (including phenoxy) is 1. The molecule has 0 aliphatic carbocycles. The number of nitrogens with zero attached hydrogens (tertiary/aromatic N) is 4. The molecular weight excluding hydrogens is 532 g/mol. The quantitative estimate of drug-likeness (QED) is 0.318. The molecule has 0 radical (unpaired) electrons. The second-order valence-electron chi connectivity index (χ2n) is 12.5. The molecule has 8 bridgehead atoms. The number of aromatic nitrogens is 2. The molecule has 2 aromatic carbocycles. The second kappa shape index (κ2) is 12.7. The predicted molar refractivity (Wildman–Crippen MR) is 166 cm³/mol. The van der Waals surface area contributed by atoms with Gasteiger partial charge < -0.3 is 19.9 Å². The zero-order valence-corrected chi connectivity index (χ0v) is 25.2. The highest BCUT2D eigenvalue weighted by Gasteiger charge is 2.42. The molecule has 1 aromatic heterocycles. The topological polar surface area (TPSA) is 53.5 Å². The number of hydrogen-bond acceptors (Lipinski definition) is 6. The maximum Gasteiger partial charge on any atom is 0.276 e. The van der Waals surface area contributed by atoms with Gasteiger partial charge in [-0.3, -0.25) is 0 Å². The highest BCUT2D eigenvalue weighted by Crippen LogP contribution is 2.43. The van der Waals surface area contributed by atoms with Crippen LogP contribution in [0, 0.1) is 12.8 Å². The highest BCUT2D eigenvalue weighted by atomic mass is 19.3. The molecule has 6 nitrogen and oxygen atoms in total. The number of alkyl halides is 2. The summed E-state index contributed by atoms with van der Waals surface area (Å²) >= 11 is 0. The molecule has 42 heavy (non-hydrogen) atoms. The largest absolute Gasteiger partial charge is 0.493 e. The summed E-state index contributed by atoms with van der Waals surface area (Å²) in [6, 6.07) is 11.1.